The van der Waals surface area contributed by atoms with E-state index >= 15 is 0 Å². The summed E-state index contributed by atoms with van der Waals surface area (Å²) < 4.78 is 5.90. The van der Waals surface area contributed by atoms with Crippen LogP contribution in [0, 0.1) is 5.92 Å². The molecule has 1 unspecified atom stereocenters. The number of guanidine groups is 1. The molecule has 1 atom stereocenters. The van der Waals surface area contributed by atoms with Crippen molar-refractivity contribution in [3.63, 3.8) is 0 Å². The first-order valence-electron chi connectivity index (χ1n) is 8.89. The van der Waals surface area contributed by atoms with Crippen molar-refractivity contribution in [2.75, 3.05) is 45.3 Å². The van der Waals surface area contributed by atoms with Crippen LogP contribution in [0.2, 0.25) is 0 Å². The number of hydrogen-bond acceptors (Lipinski definition) is 3. The van der Waals surface area contributed by atoms with Crippen LogP contribution in [0.4, 0.5) is 0 Å². The topological polar surface area (TPSA) is 36.9 Å². The summed E-state index contributed by atoms with van der Waals surface area (Å²) in [6.07, 6.45) is 5.82. The number of thioether (sulfide) groups is 1. The van der Waals surface area contributed by atoms with Gasteiger partial charge in [-0.25, -0.2) is 0 Å². The predicted molar refractivity (Wildman–Crippen MR) is 105 cm³/mol. The van der Waals surface area contributed by atoms with Gasteiger partial charge >= 0.3 is 0 Å². The maximum atomic E-state index is 5.90. The van der Waals surface area contributed by atoms with Crippen LogP contribution in [-0.4, -0.2) is 56.2 Å². The van der Waals surface area contributed by atoms with Crippen molar-refractivity contribution in [2.24, 2.45) is 10.9 Å². The molecule has 1 aliphatic heterocycles. The minimum Gasteiger partial charge on any atom is -0.376 e. The van der Waals surface area contributed by atoms with Gasteiger partial charge < -0.3 is 15.0 Å². The number of aliphatic imine (C=N–C) groups is 1. The maximum Gasteiger partial charge on any atom is 0.193 e. The Morgan fingerprint density at radius 1 is 1.33 bits per heavy atom. The zero-order valence-corrected chi connectivity index (χ0v) is 15.9. The van der Waals surface area contributed by atoms with E-state index in [1.54, 1.807) is 0 Å². The van der Waals surface area contributed by atoms with Gasteiger partial charge in [-0.1, -0.05) is 30.3 Å². The SMILES string of the molecule is CN=C(NCCCCSC)N1CCC(COCc2ccccc2)C1. The molecule has 2 rings (SSSR count). The summed E-state index contributed by atoms with van der Waals surface area (Å²) in [4.78, 5) is 6.80. The third-order valence-electron chi connectivity index (χ3n) is 4.32. The second-order valence-corrected chi connectivity index (χ2v) is 7.26. The maximum absolute atomic E-state index is 5.90. The first-order chi connectivity index (χ1) is 11.8. The fraction of sp³-hybridized carbons (Fsp3) is 0.632. The van der Waals surface area contributed by atoms with Gasteiger partial charge in [-0.2, -0.15) is 11.8 Å². The zero-order valence-electron chi connectivity index (χ0n) is 15.0. The molecule has 1 heterocycles. The molecule has 0 aliphatic carbocycles. The molecule has 1 fully saturated rings. The third kappa shape index (κ3) is 6.73. The van der Waals surface area contributed by atoms with Gasteiger partial charge in [0.05, 0.1) is 13.2 Å². The van der Waals surface area contributed by atoms with Crippen LogP contribution < -0.4 is 5.32 Å². The summed E-state index contributed by atoms with van der Waals surface area (Å²) in [5.41, 5.74) is 1.25. The average molecular weight is 350 g/mol. The van der Waals surface area contributed by atoms with Gasteiger partial charge in [0.25, 0.3) is 0 Å². The Hall–Kier alpha value is -1.20. The molecule has 0 saturated carbocycles. The number of hydrogen-bond donors (Lipinski definition) is 1. The van der Waals surface area contributed by atoms with Crippen molar-refractivity contribution in [2.45, 2.75) is 25.9 Å². The summed E-state index contributed by atoms with van der Waals surface area (Å²) in [6, 6.07) is 10.4. The van der Waals surface area contributed by atoms with E-state index in [0.29, 0.717) is 12.5 Å². The summed E-state index contributed by atoms with van der Waals surface area (Å²) in [5.74, 6) is 2.89. The van der Waals surface area contributed by atoms with Gasteiger partial charge in [0, 0.05) is 32.6 Å². The molecular weight excluding hydrogens is 318 g/mol. The number of likely N-dealkylation sites (tertiary alicyclic amines) is 1. The van der Waals surface area contributed by atoms with Crippen LogP contribution >= 0.6 is 11.8 Å². The Morgan fingerprint density at radius 3 is 2.92 bits per heavy atom. The van der Waals surface area contributed by atoms with Crippen LogP contribution in [0.5, 0.6) is 0 Å². The molecule has 0 radical (unpaired) electrons. The minimum absolute atomic E-state index is 0.601. The molecule has 134 valence electrons. The second kappa shape index (κ2) is 11.4. The molecule has 1 saturated heterocycles. The first kappa shape index (κ1) is 19.1. The van der Waals surface area contributed by atoms with Crippen LogP contribution in [0.3, 0.4) is 0 Å². The molecule has 1 aromatic rings. The van der Waals surface area contributed by atoms with Crippen LogP contribution in [0.1, 0.15) is 24.8 Å². The number of ether oxygens (including phenoxy) is 1. The smallest absolute Gasteiger partial charge is 0.193 e. The molecule has 5 heteroatoms. The Bertz CT molecular complexity index is 481. The highest BCUT2D eigenvalue weighted by atomic mass is 32.2. The van der Waals surface area contributed by atoms with Crippen LogP contribution in [-0.2, 0) is 11.3 Å². The van der Waals surface area contributed by atoms with E-state index in [1.165, 1.54) is 30.6 Å². The van der Waals surface area contributed by atoms with E-state index in [4.69, 9.17) is 4.74 Å². The highest BCUT2D eigenvalue weighted by Crippen LogP contribution is 2.17. The van der Waals surface area contributed by atoms with Crippen molar-refractivity contribution in [1.29, 1.82) is 0 Å². The lowest BCUT2D eigenvalue weighted by Gasteiger charge is -2.21. The Morgan fingerprint density at radius 2 is 2.17 bits per heavy atom. The van der Waals surface area contributed by atoms with Crippen LogP contribution in [0.15, 0.2) is 35.3 Å². The van der Waals surface area contributed by atoms with E-state index in [0.717, 1.165) is 32.2 Å². The molecule has 1 N–H and O–H groups in total. The lowest BCUT2D eigenvalue weighted by Crippen LogP contribution is -2.40. The quantitative estimate of drug-likeness (QED) is 0.422. The standard InChI is InChI=1S/C19H31N3OS/c1-20-19(21-11-6-7-13-24-2)22-12-10-18(14-22)16-23-15-17-8-4-3-5-9-17/h3-5,8-9,18H,6-7,10-16H2,1-2H3,(H,20,21). The summed E-state index contributed by atoms with van der Waals surface area (Å²) in [5, 5.41) is 3.50. The van der Waals surface area contributed by atoms with E-state index in [-0.39, 0.29) is 0 Å². The summed E-state index contributed by atoms with van der Waals surface area (Å²) in [6.45, 7) is 4.66. The van der Waals surface area contributed by atoms with E-state index in [1.807, 2.05) is 24.9 Å². The minimum atomic E-state index is 0.601. The van der Waals surface area contributed by atoms with Gasteiger partial charge in [-0.05, 0) is 36.8 Å². The first-order valence-corrected chi connectivity index (χ1v) is 10.3. The van der Waals surface area contributed by atoms with E-state index in [2.05, 4.69) is 45.7 Å². The van der Waals surface area contributed by atoms with Crippen LogP contribution in [0.25, 0.3) is 0 Å². The molecule has 0 spiro atoms. The van der Waals surface area contributed by atoms with Gasteiger partial charge in [0.2, 0.25) is 0 Å². The van der Waals surface area contributed by atoms with Gasteiger partial charge in [0.15, 0.2) is 5.96 Å². The molecule has 24 heavy (non-hydrogen) atoms. The second-order valence-electron chi connectivity index (χ2n) is 6.28. The molecule has 1 aliphatic rings. The van der Waals surface area contributed by atoms with Crippen molar-refractivity contribution in [1.82, 2.24) is 10.2 Å². The monoisotopic (exact) mass is 349 g/mol. The van der Waals surface area contributed by atoms with E-state index in [9.17, 15) is 0 Å². The normalized spacial score (nSPS) is 18.2. The van der Waals surface area contributed by atoms with Gasteiger partial charge in [-0.3, -0.25) is 4.99 Å². The fourth-order valence-corrected chi connectivity index (χ4v) is 3.48. The summed E-state index contributed by atoms with van der Waals surface area (Å²) in [7, 11) is 1.88. The van der Waals surface area contributed by atoms with Crippen molar-refractivity contribution < 1.29 is 4.74 Å². The van der Waals surface area contributed by atoms with Gasteiger partial charge in [-0.15, -0.1) is 0 Å². The highest BCUT2D eigenvalue weighted by molar-refractivity contribution is 7.98. The Kier molecular flexibility index (Phi) is 9.06. The number of unbranched alkanes of at least 4 members (excludes halogenated alkanes) is 1. The molecule has 0 amide bonds. The molecular formula is C19H31N3OS. The number of nitrogens with zero attached hydrogens (tertiary/aromatic N) is 2. The Labute approximate surface area is 151 Å². The summed E-state index contributed by atoms with van der Waals surface area (Å²) >= 11 is 1.92. The predicted octanol–water partition coefficient (Wildman–Crippen LogP) is 3.24. The molecule has 4 nitrogen and oxygen atoms in total. The Balaban J connectivity index is 1.63. The zero-order chi connectivity index (χ0) is 17.0. The third-order valence-corrected chi connectivity index (χ3v) is 5.02. The fourth-order valence-electron chi connectivity index (χ4n) is 2.98. The number of nitrogens with one attached hydrogen (secondary N) is 1. The lowest BCUT2D eigenvalue weighted by atomic mass is 10.1. The largest absolute Gasteiger partial charge is 0.376 e. The number of benzene rings is 1. The average Bonchev–Trinajstić information content (AvgIpc) is 3.08. The van der Waals surface area contributed by atoms with Crippen molar-refractivity contribution in [3.05, 3.63) is 35.9 Å². The molecule has 0 aromatic heterocycles. The lowest BCUT2D eigenvalue weighted by molar-refractivity contribution is 0.0907. The van der Waals surface area contributed by atoms with Crippen molar-refractivity contribution in [3.8, 4) is 0 Å². The van der Waals surface area contributed by atoms with Gasteiger partial charge in [0.1, 0.15) is 0 Å². The van der Waals surface area contributed by atoms with E-state index < -0.39 is 0 Å². The molecule has 1 aromatic carbocycles. The number of rotatable bonds is 9. The molecule has 0 bridgehead atoms. The van der Waals surface area contributed by atoms with Crippen molar-refractivity contribution >= 4 is 17.7 Å². The highest BCUT2D eigenvalue weighted by Gasteiger charge is 2.24.